The number of alkyl carbamates (subject to hydrolysis) is 1. The average molecular weight is 352 g/mol. The Bertz CT molecular complexity index is 565. The normalized spacial score (nSPS) is 20.5. The highest BCUT2D eigenvalue weighted by molar-refractivity contribution is 5.85. The van der Waals surface area contributed by atoms with Crippen molar-refractivity contribution in [1.82, 2.24) is 5.32 Å². The van der Waals surface area contributed by atoms with E-state index in [4.69, 9.17) is 0 Å². The lowest BCUT2D eigenvalue weighted by atomic mass is 10.00. The van der Waals surface area contributed by atoms with Crippen LogP contribution in [0.3, 0.4) is 0 Å². The number of carbonyl (C=O) groups is 1. The van der Waals surface area contributed by atoms with Gasteiger partial charge in [-0.05, 0) is 17.7 Å². The summed E-state index contributed by atoms with van der Waals surface area (Å²) in [7, 11) is 0. The fourth-order valence-electron chi connectivity index (χ4n) is 1.74. The van der Waals surface area contributed by atoms with E-state index < -0.39 is 48.2 Å². The quantitative estimate of drug-likeness (QED) is 0.829. The number of halogens is 7. The van der Waals surface area contributed by atoms with Gasteiger partial charge in [0.25, 0.3) is 0 Å². The maximum absolute atomic E-state index is 13.6. The van der Waals surface area contributed by atoms with Crippen molar-refractivity contribution >= 4 is 18.5 Å². The van der Waals surface area contributed by atoms with Crippen molar-refractivity contribution in [2.45, 2.75) is 18.3 Å². The molecule has 1 aromatic carbocycles. The molecule has 0 bridgehead atoms. The van der Waals surface area contributed by atoms with E-state index in [1.807, 2.05) is 0 Å². The smallest absolute Gasteiger partial charge is 0.443 e. The number of amides is 1. The number of nitrogens with one attached hydrogen (secondary N) is 1. The van der Waals surface area contributed by atoms with Crippen LogP contribution in [-0.4, -0.2) is 25.0 Å². The Balaban J connectivity index is 0.00000242. The molecule has 124 valence electrons. The van der Waals surface area contributed by atoms with Crippen molar-refractivity contribution in [3.8, 4) is 5.75 Å². The summed E-state index contributed by atoms with van der Waals surface area (Å²) in [5, 5.41) is 1.78. The number of rotatable bonds is 2. The van der Waals surface area contributed by atoms with Gasteiger partial charge >= 0.3 is 18.4 Å². The number of alkyl halides is 5. The Morgan fingerprint density at radius 2 is 1.95 bits per heavy atom. The Morgan fingerprint density at radius 1 is 1.32 bits per heavy atom. The number of cyclic esters (lactones) is 1. The topological polar surface area (TPSA) is 47.6 Å². The van der Waals surface area contributed by atoms with Gasteiger partial charge in [0.05, 0.1) is 0 Å². The summed E-state index contributed by atoms with van der Waals surface area (Å²) in [6.45, 7) is -1.22. The first kappa shape index (κ1) is 18.2. The molecule has 1 fully saturated rings. The molecule has 1 atom stereocenters. The van der Waals surface area contributed by atoms with E-state index in [-0.39, 0.29) is 12.4 Å². The van der Waals surface area contributed by atoms with Crippen LogP contribution in [0, 0.1) is 5.82 Å². The zero-order valence-corrected chi connectivity index (χ0v) is 11.2. The molecule has 1 N–H and O–H groups in total. The van der Waals surface area contributed by atoms with E-state index in [1.54, 1.807) is 5.32 Å². The first-order valence-corrected chi connectivity index (χ1v) is 5.45. The summed E-state index contributed by atoms with van der Waals surface area (Å²) in [5.41, 5.74) is -0.413. The minimum absolute atomic E-state index is 0. The second kappa shape index (κ2) is 6.11. The average Bonchev–Trinajstić information content (AvgIpc) is 2.33. The molecule has 1 aliphatic heterocycles. The molecule has 0 radical (unpaired) electrons. The van der Waals surface area contributed by atoms with E-state index in [0.29, 0.717) is 12.1 Å². The van der Waals surface area contributed by atoms with Crippen LogP contribution in [0.25, 0.3) is 0 Å². The molecule has 1 saturated heterocycles. The van der Waals surface area contributed by atoms with Crippen LogP contribution in [0.15, 0.2) is 18.2 Å². The van der Waals surface area contributed by atoms with Crippen LogP contribution in [0.4, 0.5) is 31.1 Å². The standard InChI is InChI=1S/C11H7F6NO3.ClH/c12-6-3-5(1-2-7(6)21-11(15,16)17)8-10(13,14)4-20-9(19)18-8;/h1-3,8H,4H2,(H,18,19);1H/t8-;/m1./s1. The molecule has 1 heterocycles. The first-order valence-electron chi connectivity index (χ1n) is 5.45. The second-order valence-corrected chi connectivity index (χ2v) is 4.15. The van der Waals surface area contributed by atoms with Crippen LogP contribution >= 0.6 is 12.4 Å². The number of ether oxygens (including phenoxy) is 2. The van der Waals surface area contributed by atoms with Crippen LogP contribution in [0.2, 0.25) is 0 Å². The summed E-state index contributed by atoms with van der Waals surface area (Å²) >= 11 is 0. The minimum Gasteiger partial charge on any atom is -0.443 e. The number of hydrogen-bond acceptors (Lipinski definition) is 3. The van der Waals surface area contributed by atoms with Gasteiger partial charge in [-0.15, -0.1) is 25.6 Å². The van der Waals surface area contributed by atoms with Crippen LogP contribution < -0.4 is 10.1 Å². The maximum atomic E-state index is 13.6. The molecule has 0 aromatic heterocycles. The third-order valence-electron chi connectivity index (χ3n) is 2.60. The van der Waals surface area contributed by atoms with Gasteiger partial charge in [0.15, 0.2) is 18.2 Å². The highest BCUT2D eigenvalue weighted by Gasteiger charge is 2.47. The summed E-state index contributed by atoms with van der Waals surface area (Å²) < 4.78 is 84.0. The van der Waals surface area contributed by atoms with E-state index >= 15 is 0 Å². The van der Waals surface area contributed by atoms with Gasteiger partial charge in [-0.3, -0.25) is 0 Å². The largest absolute Gasteiger partial charge is 0.573 e. The van der Waals surface area contributed by atoms with Crippen molar-refractivity contribution in [2.24, 2.45) is 0 Å². The highest BCUT2D eigenvalue weighted by Crippen LogP contribution is 2.36. The van der Waals surface area contributed by atoms with E-state index in [2.05, 4.69) is 9.47 Å². The number of carbonyl (C=O) groups excluding carboxylic acids is 1. The molecule has 1 aliphatic rings. The molecule has 1 amide bonds. The molecule has 2 rings (SSSR count). The molecule has 0 aliphatic carbocycles. The lowest BCUT2D eigenvalue weighted by Gasteiger charge is -2.31. The monoisotopic (exact) mass is 351 g/mol. The zero-order chi connectivity index (χ0) is 15.8. The Morgan fingerprint density at radius 3 is 2.50 bits per heavy atom. The van der Waals surface area contributed by atoms with Crippen LogP contribution in [-0.2, 0) is 4.74 Å². The van der Waals surface area contributed by atoms with Crippen LogP contribution in [0.1, 0.15) is 11.6 Å². The minimum atomic E-state index is -5.11. The van der Waals surface area contributed by atoms with E-state index in [1.165, 1.54) is 0 Å². The molecular weight excluding hydrogens is 344 g/mol. The van der Waals surface area contributed by atoms with Gasteiger partial charge in [0.1, 0.15) is 6.04 Å². The molecule has 0 unspecified atom stereocenters. The fraction of sp³-hybridized carbons (Fsp3) is 0.364. The van der Waals surface area contributed by atoms with Crippen molar-refractivity contribution in [2.75, 3.05) is 6.61 Å². The van der Waals surface area contributed by atoms with Gasteiger partial charge in [-0.25, -0.2) is 18.0 Å². The van der Waals surface area contributed by atoms with Gasteiger partial charge in [0.2, 0.25) is 0 Å². The third kappa shape index (κ3) is 4.09. The Kier molecular flexibility index (Phi) is 5.06. The Labute approximate surface area is 125 Å². The lowest BCUT2D eigenvalue weighted by molar-refractivity contribution is -0.275. The van der Waals surface area contributed by atoms with Crippen LogP contribution in [0.5, 0.6) is 5.75 Å². The third-order valence-corrected chi connectivity index (χ3v) is 2.60. The van der Waals surface area contributed by atoms with Gasteiger partial charge in [-0.2, -0.15) is 0 Å². The molecule has 11 heteroatoms. The first-order chi connectivity index (χ1) is 9.58. The van der Waals surface area contributed by atoms with Crippen molar-refractivity contribution in [1.29, 1.82) is 0 Å². The summed E-state index contributed by atoms with van der Waals surface area (Å²) in [4.78, 5) is 10.9. The number of hydrogen-bond donors (Lipinski definition) is 1. The summed E-state index contributed by atoms with van der Waals surface area (Å²) in [6.07, 6.45) is -6.25. The van der Waals surface area contributed by atoms with E-state index in [0.717, 1.165) is 6.07 Å². The summed E-state index contributed by atoms with van der Waals surface area (Å²) in [6, 6.07) is -0.122. The van der Waals surface area contributed by atoms with E-state index in [9.17, 15) is 31.1 Å². The molecule has 22 heavy (non-hydrogen) atoms. The predicted octanol–water partition coefficient (Wildman–Crippen LogP) is 3.56. The maximum Gasteiger partial charge on any atom is 0.573 e. The van der Waals surface area contributed by atoms with Gasteiger partial charge in [0, 0.05) is 0 Å². The second-order valence-electron chi connectivity index (χ2n) is 4.15. The summed E-state index contributed by atoms with van der Waals surface area (Å²) in [5.74, 6) is -6.18. The molecule has 1 aromatic rings. The van der Waals surface area contributed by atoms with Gasteiger partial charge < -0.3 is 14.8 Å². The lowest BCUT2D eigenvalue weighted by Crippen LogP contribution is -2.49. The molecule has 0 saturated carbocycles. The fourth-order valence-corrected chi connectivity index (χ4v) is 1.74. The molecular formula is C11H8ClF6NO3. The van der Waals surface area contributed by atoms with Crippen molar-refractivity contribution < 1.29 is 40.6 Å². The molecule has 4 nitrogen and oxygen atoms in total. The van der Waals surface area contributed by atoms with Crippen molar-refractivity contribution in [3.63, 3.8) is 0 Å². The highest BCUT2D eigenvalue weighted by atomic mass is 35.5. The zero-order valence-electron chi connectivity index (χ0n) is 10.4. The SMILES string of the molecule is Cl.O=C1N[C@H](c2ccc(OC(F)(F)F)c(F)c2)C(F)(F)CO1. The molecule has 0 spiro atoms. The van der Waals surface area contributed by atoms with Crippen molar-refractivity contribution in [3.05, 3.63) is 29.6 Å². The van der Waals surface area contributed by atoms with Gasteiger partial charge in [-0.1, -0.05) is 6.07 Å². The Hall–Kier alpha value is -1.84. The number of benzene rings is 1. The predicted molar refractivity (Wildman–Crippen MR) is 62.5 cm³/mol.